The van der Waals surface area contributed by atoms with Gasteiger partial charge in [-0.15, -0.1) is 0 Å². The van der Waals surface area contributed by atoms with Gasteiger partial charge in [-0.05, 0) is 74.2 Å². The monoisotopic (exact) mass is 279 g/mol. The predicted octanol–water partition coefficient (Wildman–Crippen LogP) is 4.98. The van der Waals surface area contributed by atoms with Crippen LogP contribution in [0.25, 0.3) is 0 Å². The number of aryl methyl sites for hydroxylation is 1. The maximum Gasteiger partial charge on any atom is 0.0408 e. The van der Waals surface area contributed by atoms with Crippen molar-refractivity contribution in [2.75, 3.05) is 7.05 Å². The van der Waals surface area contributed by atoms with Gasteiger partial charge in [0.25, 0.3) is 0 Å². The van der Waals surface area contributed by atoms with Crippen molar-refractivity contribution in [3.63, 3.8) is 0 Å². The minimum absolute atomic E-state index is 0.461. The molecule has 0 heterocycles. The molecule has 0 spiro atoms. The van der Waals surface area contributed by atoms with E-state index in [9.17, 15) is 0 Å². The largest absolute Gasteiger partial charge is 0.313 e. The van der Waals surface area contributed by atoms with Crippen molar-refractivity contribution in [1.82, 2.24) is 5.32 Å². The Labute approximate surface area is 122 Å². The van der Waals surface area contributed by atoms with Gasteiger partial charge < -0.3 is 5.32 Å². The van der Waals surface area contributed by atoms with Gasteiger partial charge in [0, 0.05) is 11.1 Å². The van der Waals surface area contributed by atoms with E-state index in [0.29, 0.717) is 6.04 Å². The third-order valence-electron chi connectivity index (χ3n) is 4.56. The molecule has 3 unspecified atom stereocenters. The van der Waals surface area contributed by atoms with Crippen LogP contribution < -0.4 is 5.32 Å². The van der Waals surface area contributed by atoms with Crippen molar-refractivity contribution >= 4 is 11.6 Å². The average Bonchev–Trinajstić information content (AvgIpc) is 2.31. The summed E-state index contributed by atoms with van der Waals surface area (Å²) in [4.78, 5) is 0. The highest BCUT2D eigenvalue weighted by Gasteiger charge is 2.30. The summed E-state index contributed by atoms with van der Waals surface area (Å²) in [6.45, 7) is 6.95. The van der Waals surface area contributed by atoms with Crippen LogP contribution >= 0.6 is 11.6 Å². The second-order valence-corrected chi connectivity index (χ2v) is 6.88. The Morgan fingerprint density at radius 1 is 1.16 bits per heavy atom. The summed E-state index contributed by atoms with van der Waals surface area (Å²) in [6.07, 6.45) is 4.04. The van der Waals surface area contributed by atoms with Crippen LogP contribution in [0, 0.1) is 24.7 Å². The molecule has 106 valence electrons. The lowest BCUT2D eigenvalue weighted by atomic mass is 9.72. The van der Waals surface area contributed by atoms with Crippen LogP contribution in [0.15, 0.2) is 18.2 Å². The fourth-order valence-electron chi connectivity index (χ4n) is 3.91. The maximum absolute atomic E-state index is 6.08. The Kier molecular flexibility index (Phi) is 4.92. The first kappa shape index (κ1) is 14.9. The van der Waals surface area contributed by atoms with E-state index in [2.05, 4.69) is 45.3 Å². The fourth-order valence-corrected chi connectivity index (χ4v) is 4.14. The van der Waals surface area contributed by atoms with Gasteiger partial charge in [-0.3, -0.25) is 0 Å². The number of rotatable bonds is 3. The molecule has 1 saturated carbocycles. The zero-order chi connectivity index (χ0) is 14.0. The lowest BCUT2D eigenvalue weighted by molar-refractivity contribution is 0.180. The first-order chi connectivity index (χ1) is 9.01. The second kappa shape index (κ2) is 6.28. The van der Waals surface area contributed by atoms with Crippen LogP contribution in [-0.4, -0.2) is 7.05 Å². The Hall–Kier alpha value is -0.530. The van der Waals surface area contributed by atoms with Crippen molar-refractivity contribution in [2.45, 2.75) is 46.1 Å². The summed E-state index contributed by atoms with van der Waals surface area (Å²) in [5.41, 5.74) is 2.72. The van der Waals surface area contributed by atoms with Crippen molar-refractivity contribution in [3.05, 3.63) is 34.3 Å². The molecule has 0 amide bonds. The molecular weight excluding hydrogens is 254 g/mol. The van der Waals surface area contributed by atoms with Crippen LogP contribution in [-0.2, 0) is 0 Å². The average molecular weight is 280 g/mol. The lowest BCUT2D eigenvalue weighted by Gasteiger charge is -2.37. The molecule has 2 rings (SSSR count). The molecule has 0 saturated heterocycles. The molecular formula is C17H26ClN. The normalized spacial score (nSPS) is 29.2. The highest BCUT2D eigenvalue weighted by Crippen LogP contribution is 2.40. The molecule has 1 nitrogen and oxygen atoms in total. The van der Waals surface area contributed by atoms with Crippen molar-refractivity contribution in [2.24, 2.45) is 17.8 Å². The first-order valence-electron chi connectivity index (χ1n) is 7.44. The number of benzene rings is 1. The quantitative estimate of drug-likeness (QED) is 0.823. The Morgan fingerprint density at radius 2 is 1.79 bits per heavy atom. The summed E-state index contributed by atoms with van der Waals surface area (Å²) >= 11 is 6.08. The van der Waals surface area contributed by atoms with Gasteiger partial charge in [-0.2, -0.15) is 0 Å². The highest BCUT2D eigenvalue weighted by molar-refractivity contribution is 6.30. The van der Waals surface area contributed by atoms with Crippen LogP contribution in [0.3, 0.4) is 0 Å². The molecule has 1 N–H and O–H groups in total. The van der Waals surface area contributed by atoms with Crippen LogP contribution in [0.5, 0.6) is 0 Å². The van der Waals surface area contributed by atoms with E-state index in [1.165, 1.54) is 30.4 Å². The minimum Gasteiger partial charge on any atom is -0.313 e. The molecule has 1 aromatic rings. The van der Waals surface area contributed by atoms with E-state index in [1.54, 1.807) is 0 Å². The smallest absolute Gasteiger partial charge is 0.0408 e. The van der Waals surface area contributed by atoms with Crippen molar-refractivity contribution < 1.29 is 0 Å². The number of hydrogen-bond donors (Lipinski definition) is 1. The number of halogens is 1. The second-order valence-electron chi connectivity index (χ2n) is 6.44. The van der Waals surface area contributed by atoms with Gasteiger partial charge in [0.2, 0.25) is 0 Å². The summed E-state index contributed by atoms with van der Waals surface area (Å²) in [7, 11) is 2.09. The molecule has 0 aromatic heterocycles. The van der Waals surface area contributed by atoms with Gasteiger partial charge in [-0.25, -0.2) is 0 Å². The Bertz CT molecular complexity index is 419. The summed E-state index contributed by atoms with van der Waals surface area (Å²) in [5.74, 6) is 2.43. The molecule has 0 aliphatic heterocycles. The van der Waals surface area contributed by atoms with Crippen molar-refractivity contribution in [1.29, 1.82) is 0 Å². The SMILES string of the molecule is CNC(c1ccc(Cl)cc1C)C1CC(C)CC(C)C1. The van der Waals surface area contributed by atoms with Crippen LogP contribution in [0.2, 0.25) is 5.02 Å². The summed E-state index contributed by atoms with van der Waals surface area (Å²) < 4.78 is 0. The third kappa shape index (κ3) is 3.52. The number of hydrogen-bond acceptors (Lipinski definition) is 1. The van der Waals surface area contributed by atoms with E-state index < -0.39 is 0 Å². The van der Waals surface area contributed by atoms with E-state index in [4.69, 9.17) is 11.6 Å². The number of nitrogens with one attached hydrogen (secondary N) is 1. The van der Waals surface area contributed by atoms with E-state index >= 15 is 0 Å². The zero-order valence-electron chi connectivity index (χ0n) is 12.5. The summed E-state index contributed by atoms with van der Waals surface area (Å²) in [5, 5.41) is 4.38. The predicted molar refractivity (Wildman–Crippen MR) is 83.7 cm³/mol. The Morgan fingerprint density at radius 3 is 2.32 bits per heavy atom. The van der Waals surface area contributed by atoms with Gasteiger partial charge in [-0.1, -0.05) is 31.5 Å². The first-order valence-corrected chi connectivity index (χ1v) is 7.82. The molecule has 0 radical (unpaired) electrons. The van der Waals surface area contributed by atoms with Gasteiger partial charge in [0.1, 0.15) is 0 Å². The van der Waals surface area contributed by atoms with Gasteiger partial charge in [0.15, 0.2) is 0 Å². The Balaban J connectivity index is 2.23. The molecule has 19 heavy (non-hydrogen) atoms. The minimum atomic E-state index is 0.461. The molecule has 0 bridgehead atoms. The molecule has 1 aromatic carbocycles. The lowest BCUT2D eigenvalue weighted by Crippen LogP contribution is -2.31. The van der Waals surface area contributed by atoms with Crippen LogP contribution in [0.4, 0.5) is 0 Å². The summed E-state index contributed by atoms with van der Waals surface area (Å²) in [6, 6.07) is 6.76. The van der Waals surface area contributed by atoms with Crippen LogP contribution in [0.1, 0.15) is 50.3 Å². The van der Waals surface area contributed by atoms with Gasteiger partial charge in [0.05, 0.1) is 0 Å². The zero-order valence-corrected chi connectivity index (χ0v) is 13.3. The molecule has 2 heteroatoms. The maximum atomic E-state index is 6.08. The topological polar surface area (TPSA) is 12.0 Å². The standard InChI is InChI=1S/C17H26ClN/c1-11-7-12(2)9-14(8-11)17(19-4)16-6-5-15(18)10-13(16)3/h5-6,10-12,14,17,19H,7-9H2,1-4H3. The molecule has 1 aliphatic carbocycles. The van der Waals surface area contributed by atoms with E-state index in [-0.39, 0.29) is 0 Å². The third-order valence-corrected chi connectivity index (χ3v) is 4.80. The highest BCUT2D eigenvalue weighted by atomic mass is 35.5. The van der Waals surface area contributed by atoms with Crippen molar-refractivity contribution in [3.8, 4) is 0 Å². The fraction of sp³-hybridized carbons (Fsp3) is 0.647. The van der Waals surface area contributed by atoms with E-state index in [0.717, 1.165) is 22.8 Å². The van der Waals surface area contributed by atoms with E-state index in [1.807, 2.05) is 6.07 Å². The van der Waals surface area contributed by atoms with Gasteiger partial charge >= 0.3 is 0 Å². The molecule has 1 fully saturated rings. The molecule has 3 atom stereocenters. The molecule has 1 aliphatic rings.